The average Bonchev–Trinajstić information content (AvgIpc) is 2.41. The van der Waals surface area contributed by atoms with E-state index in [2.05, 4.69) is 40.3 Å². The summed E-state index contributed by atoms with van der Waals surface area (Å²) in [5.74, 6) is 0.903. The number of allylic oxidation sites excluding steroid dienone is 3. The summed E-state index contributed by atoms with van der Waals surface area (Å²) in [5.41, 5.74) is 3.03. The Morgan fingerprint density at radius 3 is 2.67 bits per heavy atom. The van der Waals surface area contributed by atoms with Gasteiger partial charge in [-0.2, -0.15) is 0 Å². The summed E-state index contributed by atoms with van der Waals surface area (Å²) in [6, 6.07) is 0. The van der Waals surface area contributed by atoms with E-state index in [0.29, 0.717) is 11.8 Å². The van der Waals surface area contributed by atoms with Crippen LogP contribution in [0.4, 0.5) is 0 Å². The van der Waals surface area contributed by atoms with Crippen LogP contribution < -0.4 is 0 Å². The molecule has 1 aliphatic rings. The molecule has 15 heavy (non-hydrogen) atoms. The van der Waals surface area contributed by atoms with Crippen LogP contribution >= 0.6 is 0 Å². The van der Waals surface area contributed by atoms with Crippen molar-refractivity contribution in [3.8, 4) is 0 Å². The van der Waals surface area contributed by atoms with Gasteiger partial charge >= 0.3 is 0 Å². The maximum atomic E-state index is 9.05. The fraction of sp³-hybridized carbons (Fsp3) is 0.714. The topological polar surface area (TPSA) is 20.2 Å². The Morgan fingerprint density at radius 2 is 2.27 bits per heavy atom. The second-order valence-electron chi connectivity index (χ2n) is 5.55. The van der Waals surface area contributed by atoms with Crippen LogP contribution in [0, 0.1) is 17.3 Å². The van der Waals surface area contributed by atoms with Crippen molar-refractivity contribution < 1.29 is 5.11 Å². The van der Waals surface area contributed by atoms with Crippen LogP contribution in [0.2, 0.25) is 0 Å². The molecule has 1 heteroatoms. The molecule has 0 heterocycles. The lowest BCUT2D eigenvalue weighted by atomic mass is 9.73. The number of hydrogen-bond donors (Lipinski definition) is 1. The van der Waals surface area contributed by atoms with Gasteiger partial charge in [-0.25, -0.2) is 0 Å². The molecule has 0 saturated heterocycles. The minimum atomic E-state index is 0.256. The Kier molecular flexibility index (Phi) is 3.77. The lowest BCUT2D eigenvalue weighted by Gasteiger charge is -2.32. The SMILES string of the molecule is C=C(C[C@@H](C)CO)C1CC=C(C)C1(C)C. The summed E-state index contributed by atoms with van der Waals surface area (Å²) in [7, 11) is 0. The smallest absolute Gasteiger partial charge is 0.0459 e. The summed E-state index contributed by atoms with van der Waals surface area (Å²) in [4.78, 5) is 0. The molecule has 0 aliphatic heterocycles. The van der Waals surface area contributed by atoms with Crippen molar-refractivity contribution in [3.05, 3.63) is 23.8 Å². The third-order valence-corrected chi connectivity index (χ3v) is 3.96. The first-order valence-corrected chi connectivity index (χ1v) is 5.85. The van der Waals surface area contributed by atoms with E-state index in [4.69, 9.17) is 5.11 Å². The molecule has 86 valence electrons. The Balaban J connectivity index is 2.64. The molecule has 1 unspecified atom stereocenters. The van der Waals surface area contributed by atoms with E-state index in [1.54, 1.807) is 0 Å². The molecule has 0 aromatic rings. The van der Waals surface area contributed by atoms with Gasteiger partial charge < -0.3 is 5.11 Å². The van der Waals surface area contributed by atoms with Crippen LogP contribution in [0.1, 0.15) is 40.5 Å². The summed E-state index contributed by atoms with van der Waals surface area (Å²) in [5, 5.41) is 9.05. The molecular weight excluding hydrogens is 184 g/mol. The molecule has 1 nitrogen and oxygen atoms in total. The Labute approximate surface area is 93.9 Å². The highest BCUT2D eigenvalue weighted by molar-refractivity contribution is 5.25. The van der Waals surface area contributed by atoms with Gasteiger partial charge in [0, 0.05) is 6.61 Å². The summed E-state index contributed by atoms with van der Waals surface area (Å²) in [6.45, 7) is 13.4. The van der Waals surface area contributed by atoms with E-state index >= 15 is 0 Å². The summed E-state index contributed by atoms with van der Waals surface area (Å²) < 4.78 is 0. The minimum Gasteiger partial charge on any atom is -0.396 e. The highest BCUT2D eigenvalue weighted by Gasteiger charge is 2.36. The molecule has 1 rings (SSSR count). The number of hydrogen-bond acceptors (Lipinski definition) is 1. The second kappa shape index (κ2) is 4.52. The normalized spacial score (nSPS) is 26.2. The molecule has 1 N–H and O–H groups in total. The van der Waals surface area contributed by atoms with Gasteiger partial charge in [0.05, 0.1) is 0 Å². The molecule has 0 amide bonds. The third-order valence-electron chi connectivity index (χ3n) is 3.96. The van der Waals surface area contributed by atoms with E-state index in [1.165, 1.54) is 11.1 Å². The van der Waals surface area contributed by atoms with Gasteiger partial charge in [0.1, 0.15) is 0 Å². The van der Waals surface area contributed by atoms with Crippen LogP contribution in [-0.2, 0) is 0 Å². The molecule has 0 aromatic heterocycles. The molecular formula is C14H24O. The highest BCUT2D eigenvalue weighted by Crippen LogP contribution is 2.47. The van der Waals surface area contributed by atoms with Crippen molar-refractivity contribution in [3.63, 3.8) is 0 Å². The van der Waals surface area contributed by atoms with Gasteiger partial charge in [-0.05, 0) is 37.0 Å². The second-order valence-corrected chi connectivity index (χ2v) is 5.55. The standard InChI is InChI=1S/C14H24O/c1-10(9-15)8-11(2)13-7-6-12(3)14(13,4)5/h6,10,13,15H,2,7-9H2,1,3-5H3/t10-,13?/m1/s1. The number of rotatable bonds is 4. The maximum Gasteiger partial charge on any atom is 0.0459 e. The maximum absolute atomic E-state index is 9.05. The van der Waals surface area contributed by atoms with Gasteiger partial charge in [-0.15, -0.1) is 0 Å². The van der Waals surface area contributed by atoms with E-state index in [9.17, 15) is 0 Å². The van der Waals surface area contributed by atoms with Gasteiger partial charge in [0.15, 0.2) is 0 Å². The minimum absolute atomic E-state index is 0.256. The van der Waals surface area contributed by atoms with Gasteiger partial charge in [0.2, 0.25) is 0 Å². The lowest BCUT2D eigenvalue weighted by Crippen LogP contribution is -2.23. The van der Waals surface area contributed by atoms with Crippen molar-refractivity contribution in [2.45, 2.75) is 40.5 Å². The molecule has 0 bridgehead atoms. The molecule has 0 radical (unpaired) electrons. The fourth-order valence-electron chi connectivity index (χ4n) is 2.46. The molecule has 0 spiro atoms. The molecule has 0 saturated carbocycles. The summed E-state index contributed by atoms with van der Waals surface area (Å²) >= 11 is 0. The molecule has 1 aliphatic carbocycles. The highest BCUT2D eigenvalue weighted by atomic mass is 16.3. The van der Waals surface area contributed by atoms with Gasteiger partial charge in [-0.3, -0.25) is 0 Å². The Bertz CT molecular complexity index is 273. The van der Waals surface area contributed by atoms with Crippen molar-refractivity contribution in [1.29, 1.82) is 0 Å². The first-order chi connectivity index (χ1) is 6.89. The zero-order chi connectivity index (χ0) is 11.6. The zero-order valence-corrected chi connectivity index (χ0v) is 10.5. The quantitative estimate of drug-likeness (QED) is 0.700. The molecule has 0 aromatic carbocycles. The zero-order valence-electron chi connectivity index (χ0n) is 10.5. The van der Waals surface area contributed by atoms with Gasteiger partial charge in [-0.1, -0.05) is 44.6 Å². The van der Waals surface area contributed by atoms with E-state index in [-0.39, 0.29) is 12.0 Å². The van der Waals surface area contributed by atoms with Crippen molar-refractivity contribution in [1.82, 2.24) is 0 Å². The van der Waals surface area contributed by atoms with E-state index in [1.807, 2.05) is 0 Å². The lowest BCUT2D eigenvalue weighted by molar-refractivity contribution is 0.228. The van der Waals surface area contributed by atoms with Gasteiger partial charge in [0.25, 0.3) is 0 Å². The van der Waals surface area contributed by atoms with Crippen LogP contribution in [0.3, 0.4) is 0 Å². The van der Waals surface area contributed by atoms with Crippen LogP contribution in [0.25, 0.3) is 0 Å². The van der Waals surface area contributed by atoms with Crippen LogP contribution in [-0.4, -0.2) is 11.7 Å². The monoisotopic (exact) mass is 208 g/mol. The van der Waals surface area contributed by atoms with Crippen molar-refractivity contribution in [2.75, 3.05) is 6.61 Å². The van der Waals surface area contributed by atoms with Crippen molar-refractivity contribution in [2.24, 2.45) is 17.3 Å². The predicted molar refractivity (Wildman–Crippen MR) is 65.7 cm³/mol. The van der Waals surface area contributed by atoms with Crippen LogP contribution in [0.5, 0.6) is 0 Å². The predicted octanol–water partition coefficient (Wildman–Crippen LogP) is 3.55. The van der Waals surface area contributed by atoms with Crippen LogP contribution in [0.15, 0.2) is 23.8 Å². The Morgan fingerprint density at radius 1 is 1.67 bits per heavy atom. The van der Waals surface area contributed by atoms with E-state index in [0.717, 1.165) is 12.8 Å². The summed E-state index contributed by atoms with van der Waals surface area (Å²) in [6.07, 6.45) is 4.40. The van der Waals surface area contributed by atoms with E-state index < -0.39 is 0 Å². The van der Waals surface area contributed by atoms with Crippen molar-refractivity contribution >= 4 is 0 Å². The molecule has 0 fully saturated rings. The largest absolute Gasteiger partial charge is 0.396 e. The number of aliphatic hydroxyl groups is 1. The Hall–Kier alpha value is -0.560. The first-order valence-electron chi connectivity index (χ1n) is 5.85. The third kappa shape index (κ3) is 2.52. The molecule has 2 atom stereocenters. The average molecular weight is 208 g/mol. The fourth-order valence-corrected chi connectivity index (χ4v) is 2.46. The first kappa shape index (κ1) is 12.5. The number of aliphatic hydroxyl groups excluding tert-OH is 1.